The van der Waals surface area contributed by atoms with Gasteiger partial charge in [-0.3, -0.25) is 9.59 Å². The van der Waals surface area contributed by atoms with Gasteiger partial charge in [0.05, 0.1) is 10.0 Å². The molecule has 0 saturated carbocycles. The standard InChI is InChI=1S/C23H27Cl2NO5/c1-6-23(7-2,22(29)30)21(28)26-14-9-17(24)20(18(25)10-14)31-15-8-13(5)19(27)16(11-15)12(3)4/h8-12,27H,6-7H2,1-5H3,(H,26,28)(H,29,30). The van der Waals surface area contributed by atoms with Crippen LogP contribution in [0, 0.1) is 12.3 Å². The third-order valence-corrected chi connectivity index (χ3v) is 6.01. The fourth-order valence-electron chi connectivity index (χ4n) is 3.34. The molecule has 2 aromatic carbocycles. The van der Waals surface area contributed by atoms with E-state index >= 15 is 0 Å². The third-order valence-electron chi connectivity index (χ3n) is 5.45. The van der Waals surface area contributed by atoms with Crippen molar-refractivity contribution in [2.45, 2.75) is 53.4 Å². The second-order valence-corrected chi connectivity index (χ2v) is 8.57. The number of phenolic OH excluding ortho intramolecular Hbond substituents is 1. The summed E-state index contributed by atoms with van der Waals surface area (Å²) in [6.45, 7) is 8.99. The Bertz CT molecular complexity index is 977. The molecule has 31 heavy (non-hydrogen) atoms. The highest BCUT2D eigenvalue weighted by atomic mass is 35.5. The smallest absolute Gasteiger partial charge is 0.319 e. The van der Waals surface area contributed by atoms with Crippen molar-refractivity contribution < 1.29 is 24.5 Å². The monoisotopic (exact) mass is 467 g/mol. The number of phenols is 1. The van der Waals surface area contributed by atoms with E-state index in [1.165, 1.54) is 12.1 Å². The van der Waals surface area contributed by atoms with Crippen LogP contribution in [0.3, 0.4) is 0 Å². The fourth-order valence-corrected chi connectivity index (χ4v) is 3.90. The number of halogens is 2. The van der Waals surface area contributed by atoms with Crippen LogP contribution in [-0.4, -0.2) is 22.1 Å². The number of carboxylic acid groups (broad SMARTS) is 1. The quantitative estimate of drug-likeness (QED) is 0.373. The van der Waals surface area contributed by atoms with Gasteiger partial charge in [-0.25, -0.2) is 0 Å². The van der Waals surface area contributed by atoms with Crippen LogP contribution in [0.25, 0.3) is 0 Å². The van der Waals surface area contributed by atoms with Gasteiger partial charge in [0.1, 0.15) is 16.9 Å². The summed E-state index contributed by atoms with van der Waals surface area (Å²) in [7, 11) is 0. The van der Waals surface area contributed by atoms with Crippen LogP contribution in [0.4, 0.5) is 5.69 Å². The van der Waals surface area contributed by atoms with Crippen molar-refractivity contribution in [2.75, 3.05) is 5.32 Å². The highest BCUT2D eigenvalue weighted by molar-refractivity contribution is 6.37. The zero-order chi connectivity index (χ0) is 23.5. The van der Waals surface area contributed by atoms with Crippen LogP contribution in [0.1, 0.15) is 57.6 Å². The second kappa shape index (κ2) is 9.79. The Kier molecular flexibility index (Phi) is 7.84. The number of hydrogen-bond acceptors (Lipinski definition) is 4. The van der Waals surface area contributed by atoms with Crippen LogP contribution >= 0.6 is 23.2 Å². The Morgan fingerprint density at radius 1 is 1.10 bits per heavy atom. The van der Waals surface area contributed by atoms with Crippen LogP contribution in [0.15, 0.2) is 24.3 Å². The van der Waals surface area contributed by atoms with Gasteiger partial charge in [-0.1, -0.05) is 50.9 Å². The maximum Gasteiger partial charge on any atom is 0.319 e. The number of hydrogen-bond donors (Lipinski definition) is 3. The van der Waals surface area contributed by atoms with Gasteiger partial charge in [0.25, 0.3) is 0 Å². The van der Waals surface area contributed by atoms with Crippen molar-refractivity contribution in [3.05, 3.63) is 45.4 Å². The van der Waals surface area contributed by atoms with E-state index in [4.69, 9.17) is 27.9 Å². The van der Waals surface area contributed by atoms with E-state index in [0.717, 1.165) is 5.56 Å². The van der Waals surface area contributed by atoms with Gasteiger partial charge in [-0.15, -0.1) is 0 Å². The number of ether oxygens (including phenoxy) is 1. The Morgan fingerprint density at radius 3 is 2.10 bits per heavy atom. The first-order valence-electron chi connectivity index (χ1n) is 10.0. The summed E-state index contributed by atoms with van der Waals surface area (Å²) in [6, 6.07) is 6.30. The molecule has 3 N–H and O–H groups in total. The maximum absolute atomic E-state index is 12.7. The van der Waals surface area contributed by atoms with Crippen molar-refractivity contribution in [3.63, 3.8) is 0 Å². The minimum atomic E-state index is -1.54. The van der Waals surface area contributed by atoms with Crippen molar-refractivity contribution in [2.24, 2.45) is 5.41 Å². The van der Waals surface area contributed by atoms with Gasteiger partial charge in [-0.2, -0.15) is 0 Å². The molecule has 0 aliphatic carbocycles. The molecule has 2 aromatic rings. The lowest BCUT2D eigenvalue weighted by molar-refractivity contribution is -0.154. The Hall–Kier alpha value is -2.44. The molecular weight excluding hydrogens is 441 g/mol. The Balaban J connectivity index is 2.35. The molecule has 0 saturated heterocycles. The lowest BCUT2D eigenvalue weighted by Gasteiger charge is -2.25. The highest BCUT2D eigenvalue weighted by Crippen LogP contribution is 2.41. The molecule has 2 rings (SSSR count). The molecule has 168 valence electrons. The first kappa shape index (κ1) is 24.8. The zero-order valence-electron chi connectivity index (χ0n) is 18.2. The lowest BCUT2D eigenvalue weighted by atomic mass is 9.81. The highest BCUT2D eigenvalue weighted by Gasteiger charge is 2.43. The maximum atomic E-state index is 12.7. The van der Waals surface area contributed by atoms with Crippen LogP contribution < -0.4 is 10.1 Å². The van der Waals surface area contributed by atoms with Gasteiger partial charge < -0.3 is 20.3 Å². The topological polar surface area (TPSA) is 95.9 Å². The molecule has 0 bridgehead atoms. The first-order valence-corrected chi connectivity index (χ1v) is 10.8. The van der Waals surface area contributed by atoms with Gasteiger partial charge in [0.2, 0.25) is 5.91 Å². The summed E-state index contributed by atoms with van der Waals surface area (Å²) in [5, 5.41) is 22.7. The van der Waals surface area contributed by atoms with E-state index in [1.54, 1.807) is 32.9 Å². The molecule has 0 aromatic heterocycles. The van der Waals surface area contributed by atoms with E-state index in [-0.39, 0.29) is 46.0 Å². The number of aryl methyl sites for hydroxylation is 1. The number of aromatic hydroxyl groups is 1. The molecule has 0 aliphatic heterocycles. The van der Waals surface area contributed by atoms with Gasteiger partial charge in [-0.05, 0) is 55.5 Å². The van der Waals surface area contributed by atoms with Crippen molar-refractivity contribution in [1.82, 2.24) is 0 Å². The Morgan fingerprint density at radius 2 is 1.65 bits per heavy atom. The molecule has 1 amide bonds. The van der Waals surface area contributed by atoms with Gasteiger partial charge >= 0.3 is 5.97 Å². The van der Waals surface area contributed by atoms with E-state index < -0.39 is 17.3 Å². The van der Waals surface area contributed by atoms with E-state index in [9.17, 15) is 19.8 Å². The fraction of sp³-hybridized carbons (Fsp3) is 0.391. The summed E-state index contributed by atoms with van der Waals surface area (Å²) >= 11 is 12.7. The van der Waals surface area contributed by atoms with Crippen molar-refractivity contribution in [3.8, 4) is 17.2 Å². The molecule has 0 atom stereocenters. The zero-order valence-corrected chi connectivity index (χ0v) is 19.7. The largest absolute Gasteiger partial charge is 0.507 e. The van der Waals surface area contributed by atoms with Gasteiger partial charge in [0.15, 0.2) is 5.75 Å². The number of carboxylic acids is 1. The molecule has 6 nitrogen and oxygen atoms in total. The predicted molar refractivity (Wildman–Crippen MR) is 123 cm³/mol. The third kappa shape index (κ3) is 5.08. The Labute approximate surface area is 192 Å². The molecule has 0 spiro atoms. The SMILES string of the molecule is CCC(CC)(C(=O)O)C(=O)Nc1cc(Cl)c(Oc2cc(C)c(O)c(C(C)C)c2)c(Cl)c1. The molecule has 0 fully saturated rings. The number of carbonyl (C=O) groups is 2. The van der Waals surface area contributed by atoms with E-state index in [0.29, 0.717) is 11.3 Å². The average Bonchev–Trinajstić information content (AvgIpc) is 2.68. The van der Waals surface area contributed by atoms with Crippen LogP contribution in [0.2, 0.25) is 10.0 Å². The number of carbonyl (C=O) groups excluding carboxylic acids is 1. The van der Waals surface area contributed by atoms with Crippen molar-refractivity contribution >= 4 is 40.8 Å². The molecule has 0 radical (unpaired) electrons. The summed E-state index contributed by atoms with van der Waals surface area (Å²) in [5.74, 6) is -0.876. The second-order valence-electron chi connectivity index (χ2n) is 7.75. The van der Waals surface area contributed by atoms with Gasteiger partial charge in [0, 0.05) is 11.3 Å². The van der Waals surface area contributed by atoms with Crippen molar-refractivity contribution in [1.29, 1.82) is 0 Å². The minimum absolute atomic E-state index is 0.0809. The van der Waals surface area contributed by atoms with Crippen LogP contribution in [-0.2, 0) is 9.59 Å². The lowest BCUT2D eigenvalue weighted by Crippen LogP contribution is -2.42. The number of amides is 1. The number of anilines is 1. The summed E-state index contributed by atoms with van der Waals surface area (Å²) in [6.07, 6.45) is 0.289. The molecule has 0 heterocycles. The summed E-state index contributed by atoms with van der Waals surface area (Å²) in [4.78, 5) is 24.4. The predicted octanol–water partition coefficient (Wildman–Crippen LogP) is 6.75. The minimum Gasteiger partial charge on any atom is -0.507 e. The molecule has 0 aliphatic rings. The number of benzene rings is 2. The number of aliphatic carboxylic acids is 1. The molecular formula is C23H27Cl2NO5. The van der Waals surface area contributed by atoms with E-state index in [2.05, 4.69) is 5.32 Å². The van der Waals surface area contributed by atoms with E-state index in [1.807, 2.05) is 13.8 Å². The number of rotatable bonds is 8. The van der Waals surface area contributed by atoms with Crippen LogP contribution in [0.5, 0.6) is 17.2 Å². The first-order chi connectivity index (χ1) is 14.5. The number of nitrogens with one attached hydrogen (secondary N) is 1. The normalized spacial score (nSPS) is 11.5. The summed E-state index contributed by atoms with van der Waals surface area (Å²) < 4.78 is 5.89. The summed E-state index contributed by atoms with van der Waals surface area (Å²) in [5.41, 5.74) is 0.117. The molecule has 8 heteroatoms. The average molecular weight is 468 g/mol. The molecule has 0 unspecified atom stereocenters.